The molecule has 1 aromatic heterocycles. The maximum absolute atomic E-state index is 13.1. The Labute approximate surface area is 141 Å². The molecular weight excluding hydrogens is 322 g/mol. The van der Waals surface area contributed by atoms with Crippen molar-refractivity contribution in [3.05, 3.63) is 83.3 Å². The third-order valence-corrected chi connectivity index (χ3v) is 5.83. The van der Waals surface area contributed by atoms with Crippen LogP contribution in [0, 0.1) is 0 Å². The summed E-state index contributed by atoms with van der Waals surface area (Å²) in [6.07, 6.45) is 0. The van der Waals surface area contributed by atoms with Gasteiger partial charge < -0.3 is 10.2 Å². The van der Waals surface area contributed by atoms with Gasteiger partial charge in [-0.3, -0.25) is 9.00 Å². The van der Waals surface area contributed by atoms with Crippen LogP contribution in [-0.4, -0.2) is 10.1 Å². The van der Waals surface area contributed by atoms with E-state index in [0.29, 0.717) is 5.76 Å². The molecule has 4 rings (SSSR count). The fraction of sp³-hybridized carbons (Fsp3) is 0.105. The van der Waals surface area contributed by atoms with Crippen LogP contribution in [0.1, 0.15) is 32.7 Å². The molecule has 0 bridgehead atoms. The summed E-state index contributed by atoms with van der Waals surface area (Å²) in [5.41, 5.74) is 9.59. The Hall–Kier alpha value is -2.66. The standard InChI is InChI=1S/C19H15NO3S/c20-19(21)17-10-9-12(23-17)11-24(22)18-15-7-3-1-5-13(15)14-6-2-4-8-16(14)18/h1-10,18H,11H2,(H2,20,21). The lowest BCUT2D eigenvalue weighted by molar-refractivity contribution is 0.0972. The molecule has 0 radical (unpaired) electrons. The quantitative estimate of drug-likeness (QED) is 0.793. The lowest BCUT2D eigenvalue weighted by Crippen LogP contribution is -2.09. The van der Waals surface area contributed by atoms with E-state index in [4.69, 9.17) is 10.2 Å². The van der Waals surface area contributed by atoms with E-state index < -0.39 is 16.7 Å². The Kier molecular flexibility index (Phi) is 3.58. The topological polar surface area (TPSA) is 73.3 Å². The molecule has 1 heterocycles. The van der Waals surface area contributed by atoms with Crippen LogP contribution in [0.2, 0.25) is 0 Å². The molecule has 1 unspecified atom stereocenters. The summed E-state index contributed by atoms with van der Waals surface area (Å²) in [4.78, 5) is 11.1. The average Bonchev–Trinajstić information content (AvgIpc) is 3.17. The summed E-state index contributed by atoms with van der Waals surface area (Å²) >= 11 is 0. The van der Waals surface area contributed by atoms with Crippen LogP contribution in [0.4, 0.5) is 0 Å². The highest BCUT2D eigenvalue weighted by Crippen LogP contribution is 2.46. The SMILES string of the molecule is NC(=O)c1ccc(CS(=O)C2c3ccccc3-c3ccccc32)o1. The van der Waals surface area contributed by atoms with E-state index in [9.17, 15) is 9.00 Å². The first-order chi connectivity index (χ1) is 11.6. The van der Waals surface area contributed by atoms with Gasteiger partial charge in [-0.2, -0.15) is 0 Å². The van der Waals surface area contributed by atoms with Gasteiger partial charge in [-0.1, -0.05) is 48.5 Å². The van der Waals surface area contributed by atoms with Crippen molar-refractivity contribution in [1.29, 1.82) is 0 Å². The number of hydrogen-bond acceptors (Lipinski definition) is 3. The van der Waals surface area contributed by atoms with Crippen LogP contribution in [0.15, 0.2) is 65.1 Å². The minimum absolute atomic E-state index is 0.0919. The molecule has 1 aliphatic carbocycles. The molecule has 1 amide bonds. The van der Waals surface area contributed by atoms with Crippen molar-refractivity contribution in [3.8, 4) is 11.1 Å². The minimum Gasteiger partial charge on any atom is -0.455 e. The Bertz CT molecular complexity index is 915. The molecule has 5 heteroatoms. The van der Waals surface area contributed by atoms with Crippen molar-refractivity contribution >= 4 is 16.7 Å². The third kappa shape index (κ3) is 2.37. The largest absolute Gasteiger partial charge is 0.455 e. The number of primary amides is 1. The van der Waals surface area contributed by atoms with Crippen molar-refractivity contribution in [2.45, 2.75) is 11.0 Å². The molecule has 0 saturated heterocycles. The fourth-order valence-corrected chi connectivity index (χ4v) is 4.78. The van der Waals surface area contributed by atoms with E-state index in [1.807, 2.05) is 36.4 Å². The zero-order chi connectivity index (χ0) is 16.7. The minimum atomic E-state index is -1.21. The maximum Gasteiger partial charge on any atom is 0.284 e. The van der Waals surface area contributed by atoms with Gasteiger partial charge >= 0.3 is 0 Å². The molecule has 0 aliphatic heterocycles. The van der Waals surface area contributed by atoms with Gasteiger partial charge in [-0.15, -0.1) is 0 Å². The monoisotopic (exact) mass is 337 g/mol. The summed E-state index contributed by atoms with van der Waals surface area (Å²) in [7, 11) is -1.21. The first-order valence-electron chi connectivity index (χ1n) is 7.59. The molecule has 1 aliphatic rings. The number of benzene rings is 2. The summed E-state index contributed by atoms with van der Waals surface area (Å²) in [6.45, 7) is 0. The van der Waals surface area contributed by atoms with Crippen LogP contribution in [0.3, 0.4) is 0 Å². The third-order valence-electron chi connectivity index (χ3n) is 4.23. The normalized spacial score (nSPS) is 14.2. The van der Waals surface area contributed by atoms with Gasteiger partial charge in [0.15, 0.2) is 5.76 Å². The van der Waals surface area contributed by atoms with E-state index in [1.165, 1.54) is 6.07 Å². The maximum atomic E-state index is 13.1. The molecule has 120 valence electrons. The predicted octanol–water partition coefficient (Wildman–Crippen LogP) is 3.40. The van der Waals surface area contributed by atoms with Gasteiger partial charge in [0.1, 0.15) is 5.76 Å². The average molecular weight is 337 g/mol. The van der Waals surface area contributed by atoms with Gasteiger partial charge in [-0.05, 0) is 34.4 Å². The number of amides is 1. The van der Waals surface area contributed by atoms with Crippen molar-refractivity contribution in [1.82, 2.24) is 0 Å². The van der Waals surface area contributed by atoms with Crippen molar-refractivity contribution in [2.75, 3.05) is 0 Å². The number of furan rings is 1. The van der Waals surface area contributed by atoms with E-state index in [-0.39, 0.29) is 16.8 Å². The number of hydrogen-bond donors (Lipinski definition) is 1. The molecule has 24 heavy (non-hydrogen) atoms. The summed E-state index contributed by atoms with van der Waals surface area (Å²) in [6, 6.07) is 19.3. The second-order valence-electron chi connectivity index (χ2n) is 5.71. The Morgan fingerprint density at radius 2 is 1.54 bits per heavy atom. The van der Waals surface area contributed by atoms with E-state index in [2.05, 4.69) is 12.1 Å². The van der Waals surface area contributed by atoms with Gasteiger partial charge in [0.05, 0.1) is 11.0 Å². The number of fused-ring (bicyclic) bond motifs is 3. The Balaban J connectivity index is 1.70. The van der Waals surface area contributed by atoms with Crippen LogP contribution in [0.25, 0.3) is 11.1 Å². The number of rotatable bonds is 4. The highest BCUT2D eigenvalue weighted by molar-refractivity contribution is 7.84. The molecule has 1 atom stereocenters. The van der Waals surface area contributed by atoms with Gasteiger partial charge in [-0.25, -0.2) is 0 Å². The van der Waals surface area contributed by atoms with Crippen LogP contribution in [0.5, 0.6) is 0 Å². The summed E-state index contributed by atoms with van der Waals surface area (Å²) in [5, 5.41) is -0.195. The zero-order valence-corrected chi connectivity index (χ0v) is 13.6. The highest BCUT2D eigenvalue weighted by atomic mass is 32.2. The molecule has 0 spiro atoms. The zero-order valence-electron chi connectivity index (χ0n) is 12.8. The number of carbonyl (C=O) groups is 1. The molecule has 0 fully saturated rings. The predicted molar refractivity (Wildman–Crippen MR) is 92.8 cm³/mol. The molecule has 4 nitrogen and oxygen atoms in total. The second-order valence-corrected chi connectivity index (χ2v) is 7.23. The lowest BCUT2D eigenvalue weighted by atomic mass is 10.1. The molecule has 0 saturated carbocycles. The summed E-state index contributed by atoms with van der Waals surface area (Å²) < 4.78 is 18.4. The van der Waals surface area contributed by atoms with E-state index in [1.54, 1.807) is 6.07 Å². The smallest absolute Gasteiger partial charge is 0.284 e. The van der Waals surface area contributed by atoms with Crippen LogP contribution >= 0.6 is 0 Å². The lowest BCUT2D eigenvalue weighted by Gasteiger charge is -2.12. The molecule has 3 aromatic rings. The fourth-order valence-electron chi connectivity index (χ4n) is 3.20. The highest BCUT2D eigenvalue weighted by Gasteiger charge is 2.32. The molecular formula is C19H15NO3S. The van der Waals surface area contributed by atoms with Gasteiger partial charge in [0.2, 0.25) is 0 Å². The molecule has 2 aromatic carbocycles. The van der Waals surface area contributed by atoms with Crippen molar-refractivity contribution in [2.24, 2.45) is 5.73 Å². The first-order valence-corrected chi connectivity index (χ1v) is 8.97. The first kappa shape index (κ1) is 14.9. The van der Waals surface area contributed by atoms with Gasteiger partial charge in [0.25, 0.3) is 5.91 Å². The van der Waals surface area contributed by atoms with Crippen LogP contribution in [-0.2, 0) is 16.6 Å². The van der Waals surface area contributed by atoms with Crippen molar-refractivity contribution in [3.63, 3.8) is 0 Å². The number of nitrogens with two attached hydrogens (primary N) is 1. The Morgan fingerprint density at radius 1 is 0.958 bits per heavy atom. The van der Waals surface area contributed by atoms with E-state index >= 15 is 0 Å². The van der Waals surface area contributed by atoms with E-state index in [0.717, 1.165) is 22.3 Å². The van der Waals surface area contributed by atoms with Crippen molar-refractivity contribution < 1.29 is 13.4 Å². The second kappa shape index (κ2) is 5.76. The molecule has 2 N–H and O–H groups in total. The summed E-state index contributed by atoms with van der Waals surface area (Å²) in [5.74, 6) is 0.211. The van der Waals surface area contributed by atoms with Gasteiger partial charge in [0, 0.05) is 10.8 Å². The number of carbonyl (C=O) groups excluding carboxylic acids is 1. The van der Waals surface area contributed by atoms with Crippen LogP contribution < -0.4 is 5.73 Å². The Morgan fingerprint density at radius 3 is 2.08 bits per heavy atom.